The molecule has 4 rings (SSSR count). The molecule has 0 radical (unpaired) electrons. The molecule has 3 nitrogen and oxygen atoms in total. The first-order valence-corrected chi connectivity index (χ1v) is 11.2. The molecule has 0 saturated heterocycles. The third-order valence-corrected chi connectivity index (χ3v) is 6.82. The van der Waals surface area contributed by atoms with E-state index in [1.54, 1.807) is 14.2 Å². The Morgan fingerprint density at radius 1 is 0.727 bits per heavy atom. The lowest BCUT2D eigenvalue weighted by Crippen LogP contribution is -2.34. The average molecular weight is 438 g/mol. The highest BCUT2D eigenvalue weighted by atomic mass is 16.5. The summed E-state index contributed by atoms with van der Waals surface area (Å²) in [6, 6.07) is 26.6. The normalized spacial score (nSPS) is 16.1. The van der Waals surface area contributed by atoms with Crippen molar-refractivity contribution in [3.63, 3.8) is 0 Å². The lowest BCUT2D eigenvalue weighted by molar-refractivity contribution is 0.284. The number of methoxy groups -OCH3 is 2. The van der Waals surface area contributed by atoms with Gasteiger partial charge in [-0.05, 0) is 49.2 Å². The molecule has 0 fully saturated rings. The van der Waals surface area contributed by atoms with Gasteiger partial charge in [-0.25, -0.2) is 0 Å². The minimum Gasteiger partial charge on any atom is -0.497 e. The number of hydrogen-bond donors (Lipinski definition) is 0. The van der Waals surface area contributed by atoms with E-state index in [1.165, 1.54) is 0 Å². The Morgan fingerprint density at radius 2 is 1.39 bits per heavy atom. The molecule has 0 unspecified atom stereocenters. The molecular formula is C30H31NO2. The maximum Gasteiger partial charge on any atom is 0.119 e. The van der Waals surface area contributed by atoms with Crippen molar-refractivity contribution in [3.05, 3.63) is 107 Å². The molecular weight excluding hydrogens is 406 g/mol. The molecule has 0 bridgehead atoms. The quantitative estimate of drug-likeness (QED) is 0.404. The standard InChI is InChI=1S/C30H31NO2/c1-29(2)27(28(31-30(29,3)4)22-11-8-7-9-12-22)20-26(21-15-17-24(32-5)18-16-21)23-13-10-14-25(19-23)33-6/h7-19H,1-6H3. The van der Waals surface area contributed by atoms with Crippen LogP contribution in [0.3, 0.4) is 0 Å². The van der Waals surface area contributed by atoms with Crippen molar-refractivity contribution in [2.24, 2.45) is 10.4 Å². The van der Waals surface area contributed by atoms with Gasteiger partial charge >= 0.3 is 0 Å². The number of hydrogen-bond acceptors (Lipinski definition) is 3. The predicted octanol–water partition coefficient (Wildman–Crippen LogP) is 6.97. The Kier molecular flexibility index (Phi) is 6.01. The van der Waals surface area contributed by atoms with Crippen LogP contribution in [0.15, 0.2) is 95.2 Å². The highest BCUT2D eigenvalue weighted by molar-refractivity contribution is 6.15. The number of benzene rings is 3. The molecule has 1 aliphatic rings. The Hall–Kier alpha value is -3.55. The Balaban J connectivity index is 2.04. The monoisotopic (exact) mass is 437 g/mol. The molecule has 0 amide bonds. The topological polar surface area (TPSA) is 30.8 Å². The summed E-state index contributed by atoms with van der Waals surface area (Å²) in [5, 5.41) is 0. The summed E-state index contributed by atoms with van der Waals surface area (Å²) in [5.74, 6) is 1.64. The first kappa shape index (κ1) is 22.6. The van der Waals surface area contributed by atoms with Gasteiger partial charge in [-0.3, -0.25) is 4.99 Å². The number of ether oxygens (including phenoxy) is 2. The van der Waals surface area contributed by atoms with Crippen LogP contribution in [0.5, 0.6) is 11.5 Å². The maximum atomic E-state index is 5.52. The molecule has 0 atom stereocenters. The second-order valence-corrected chi connectivity index (χ2v) is 9.35. The molecule has 3 aromatic rings. The second-order valence-electron chi connectivity index (χ2n) is 9.35. The van der Waals surface area contributed by atoms with Crippen molar-refractivity contribution in [1.82, 2.24) is 0 Å². The van der Waals surface area contributed by atoms with Gasteiger partial charge in [0.15, 0.2) is 0 Å². The summed E-state index contributed by atoms with van der Waals surface area (Å²) < 4.78 is 10.9. The average Bonchev–Trinajstić information content (AvgIpc) is 3.02. The van der Waals surface area contributed by atoms with Crippen LogP contribution in [-0.2, 0) is 0 Å². The van der Waals surface area contributed by atoms with E-state index in [9.17, 15) is 0 Å². The van der Waals surface area contributed by atoms with Crippen LogP contribution < -0.4 is 9.47 Å². The summed E-state index contributed by atoms with van der Waals surface area (Å²) in [6.07, 6.45) is 0. The van der Waals surface area contributed by atoms with Crippen molar-refractivity contribution in [1.29, 1.82) is 0 Å². The minimum atomic E-state index is -0.264. The largest absolute Gasteiger partial charge is 0.497 e. The van der Waals surface area contributed by atoms with Crippen LogP contribution in [0.1, 0.15) is 44.4 Å². The van der Waals surface area contributed by atoms with Gasteiger partial charge in [-0.1, -0.05) is 68.4 Å². The third-order valence-electron chi connectivity index (χ3n) is 6.82. The van der Waals surface area contributed by atoms with Crippen LogP contribution in [0.4, 0.5) is 0 Å². The van der Waals surface area contributed by atoms with Gasteiger partial charge in [-0.2, -0.15) is 0 Å². The van der Waals surface area contributed by atoms with Crippen LogP contribution >= 0.6 is 0 Å². The van der Waals surface area contributed by atoms with Gasteiger partial charge in [0.25, 0.3) is 0 Å². The second kappa shape index (κ2) is 8.77. The first-order valence-electron chi connectivity index (χ1n) is 11.2. The van der Waals surface area contributed by atoms with Gasteiger partial charge in [0.1, 0.15) is 11.5 Å². The van der Waals surface area contributed by atoms with E-state index in [0.29, 0.717) is 0 Å². The molecule has 33 heavy (non-hydrogen) atoms. The molecule has 3 aromatic carbocycles. The fourth-order valence-electron chi connectivity index (χ4n) is 4.07. The zero-order chi connectivity index (χ0) is 23.6. The molecule has 0 aliphatic carbocycles. The van der Waals surface area contributed by atoms with Crippen LogP contribution in [-0.4, -0.2) is 25.5 Å². The van der Waals surface area contributed by atoms with E-state index in [2.05, 4.69) is 82.0 Å². The summed E-state index contributed by atoms with van der Waals surface area (Å²) in [5.41, 5.74) is 9.68. The van der Waals surface area contributed by atoms with Gasteiger partial charge in [0, 0.05) is 22.1 Å². The molecule has 0 spiro atoms. The van der Waals surface area contributed by atoms with Gasteiger partial charge in [-0.15, -0.1) is 5.73 Å². The molecule has 0 aromatic heterocycles. The summed E-state index contributed by atoms with van der Waals surface area (Å²) in [7, 11) is 3.37. The van der Waals surface area contributed by atoms with Gasteiger partial charge in [0.2, 0.25) is 0 Å². The summed E-state index contributed by atoms with van der Waals surface area (Å²) >= 11 is 0. The maximum absolute atomic E-state index is 5.52. The highest BCUT2D eigenvalue weighted by Crippen LogP contribution is 2.48. The van der Waals surface area contributed by atoms with Crippen molar-refractivity contribution >= 4 is 11.3 Å². The smallest absolute Gasteiger partial charge is 0.119 e. The van der Waals surface area contributed by atoms with Gasteiger partial charge < -0.3 is 9.47 Å². The fourth-order valence-corrected chi connectivity index (χ4v) is 4.07. The highest BCUT2D eigenvalue weighted by Gasteiger charge is 2.47. The molecule has 1 heterocycles. The zero-order valence-electron chi connectivity index (χ0n) is 20.3. The van der Waals surface area contributed by atoms with Crippen LogP contribution in [0.25, 0.3) is 5.57 Å². The van der Waals surface area contributed by atoms with E-state index >= 15 is 0 Å². The van der Waals surface area contributed by atoms with E-state index in [1.807, 2.05) is 30.3 Å². The van der Waals surface area contributed by atoms with Crippen LogP contribution in [0.2, 0.25) is 0 Å². The SMILES string of the molecule is COc1ccc(C(=C=C2C(c3ccccc3)=NC(C)(C)C2(C)C)c2cccc(OC)c2)cc1. The van der Waals surface area contributed by atoms with Gasteiger partial charge in [0.05, 0.1) is 25.5 Å². The Labute approximate surface area is 197 Å². The third kappa shape index (κ3) is 4.25. The zero-order valence-corrected chi connectivity index (χ0v) is 20.3. The summed E-state index contributed by atoms with van der Waals surface area (Å²) in [6.45, 7) is 8.91. The molecule has 3 heteroatoms. The van der Waals surface area contributed by atoms with Crippen molar-refractivity contribution in [3.8, 4) is 11.5 Å². The Bertz CT molecular complexity index is 1240. The van der Waals surface area contributed by atoms with E-state index in [4.69, 9.17) is 14.5 Å². The minimum absolute atomic E-state index is 0.214. The molecule has 168 valence electrons. The number of nitrogens with zero attached hydrogens (tertiary/aromatic N) is 1. The van der Waals surface area contributed by atoms with E-state index in [-0.39, 0.29) is 11.0 Å². The molecule has 1 aliphatic heterocycles. The summed E-state index contributed by atoms with van der Waals surface area (Å²) in [4.78, 5) is 5.19. The number of rotatable bonds is 5. The number of aliphatic imine (C=N–C) groups is 1. The lowest BCUT2D eigenvalue weighted by Gasteiger charge is -2.33. The van der Waals surface area contributed by atoms with E-state index in [0.717, 1.165) is 45.0 Å². The molecule has 0 saturated carbocycles. The predicted molar refractivity (Wildman–Crippen MR) is 136 cm³/mol. The van der Waals surface area contributed by atoms with Crippen molar-refractivity contribution in [2.45, 2.75) is 33.2 Å². The van der Waals surface area contributed by atoms with Crippen molar-refractivity contribution < 1.29 is 9.47 Å². The van der Waals surface area contributed by atoms with Crippen molar-refractivity contribution in [2.75, 3.05) is 14.2 Å². The molecule has 0 N–H and O–H groups in total. The first-order chi connectivity index (χ1) is 15.8. The Morgan fingerprint density at radius 3 is 2.03 bits per heavy atom. The fraction of sp³-hybridized carbons (Fsp3) is 0.267. The van der Waals surface area contributed by atoms with E-state index < -0.39 is 0 Å². The van der Waals surface area contributed by atoms with Crippen LogP contribution in [0, 0.1) is 5.41 Å². The lowest BCUT2D eigenvalue weighted by atomic mass is 9.71.